The van der Waals surface area contributed by atoms with Gasteiger partial charge in [0.15, 0.2) is 0 Å². The van der Waals surface area contributed by atoms with Crippen molar-refractivity contribution in [3.05, 3.63) is 0 Å². The Morgan fingerprint density at radius 1 is 1.35 bits per heavy atom. The number of carbonyl (C=O) groups excluding carboxylic acids is 1. The van der Waals surface area contributed by atoms with Gasteiger partial charge in [0.05, 0.1) is 0 Å². The molecule has 2 fully saturated rings. The third-order valence-electron chi connectivity index (χ3n) is 4.19. The van der Waals surface area contributed by atoms with Gasteiger partial charge >= 0.3 is 5.97 Å². The fourth-order valence-electron chi connectivity index (χ4n) is 2.81. The third kappa shape index (κ3) is 2.61. The monoisotopic (exact) mass is 239 g/mol. The fraction of sp³-hybridized carbons (Fsp3) is 0.846. The van der Waals surface area contributed by atoms with E-state index in [-0.39, 0.29) is 5.91 Å². The van der Waals surface area contributed by atoms with Crippen molar-refractivity contribution in [1.82, 2.24) is 5.32 Å². The van der Waals surface area contributed by atoms with Crippen LogP contribution in [-0.4, -0.2) is 23.5 Å². The highest BCUT2D eigenvalue weighted by molar-refractivity contribution is 6.04. The molecule has 0 saturated heterocycles. The van der Waals surface area contributed by atoms with Gasteiger partial charge in [0.1, 0.15) is 5.41 Å². The standard InChI is InChI=1S/C13H21NO3/c1-9-3-2-4-10(7-9)8-14-11(15)13(5-6-13)12(16)17/h9-10H,2-8H2,1H3,(H,14,15)(H,16,17). The minimum atomic E-state index is -1.08. The molecule has 2 rings (SSSR count). The molecule has 17 heavy (non-hydrogen) atoms. The second-order valence-corrected chi connectivity index (χ2v) is 5.74. The molecule has 2 unspecified atom stereocenters. The number of nitrogens with one attached hydrogen (secondary N) is 1. The Balaban J connectivity index is 1.78. The molecule has 2 saturated carbocycles. The van der Waals surface area contributed by atoms with Crippen molar-refractivity contribution in [2.75, 3.05) is 6.54 Å². The lowest BCUT2D eigenvalue weighted by molar-refractivity contribution is -0.149. The number of hydrogen-bond acceptors (Lipinski definition) is 2. The van der Waals surface area contributed by atoms with Gasteiger partial charge in [0.25, 0.3) is 0 Å². The molecule has 0 bridgehead atoms. The Morgan fingerprint density at radius 3 is 2.59 bits per heavy atom. The van der Waals surface area contributed by atoms with Crippen LogP contribution in [0.5, 0.6) is 0 Å². The molecule has 0 heterocycles. The van der Waals surface area contributed by atoms with Crippen molar-refractivity contribution < 1.29 is 14.7 Å². The lowest BCUT2D eigenvalue weighted by Gasteiger charge is -2.27. The third-order valence-corrected chi connectivity index (χ3v) is 4.19. The van der Waals surface area contributed by atoms with Crippen molar-refractivity contribution in [3.63, 3.8) is 0 Å². The van der Waals surface area contributed by atoms with Gasteiger partial charge in [-0.05, 0) is 37.5 Å². The normalized spacial score (nSPS) is 30.6. The predicted octanol–water partition coefficient (Wildman–Crippen LogP) is 1.79. The molecule has 4 heteroatoms. The van der Waals surface area contributed by atoms with Crippen molar-refractivity contribution >= 4 is 11.9 Å². The van der Waals surface area contributed by atoms with Gasteiger partial charge in [-0.2, -0.15) is 0 Å². The largest absolute Gasteiger partial charge is 0.480 e. The minimum Gasteiger partial charge on any atom is -0.480 e. The van der Waals surface area contributed by atoms with Crippen LogP contribution >= 0.6 is 0 Å². The summed E-state index contributed by atoms with van der Waals surface area (Å²) >= 11 is 0. The Hall–Kier alpha value is -1.06. The second kappa shape index (κ2) is 4.67. The van der Waals surface area contributed by atoms with E-state index in [0.29, 0.717) is 25.3 Å². The molecule has 0 spiro atoms. The van der Waals surface area contributed by atoms with Gasteiger partial charge in [-0.15, -0.1) is 0 Å². The molecule has 1 amide bonds. The number of rotatable bonds is 4. The molecule has 2 atom stereocenters. The van der Waals surface area contributed by atoms with Gasteiger partial charge < -0.3 is 10.4 Å². The molecule has 0 aliphatic heterocycles. The van der Waals surface area contributed by atoms with E-state index in [1.807, 2.05) is 0 Å². The molecule has 2 N–H and O–H groups in total. The number of amides is 1. The van der Waals surface area contributed by atoms with Crippen molar-refractivity contribution in [2.24, 2.45) is 17.3 Å². The molecule has 2 aliphatic carbocycles. The highest BCUT2D eigenvalue weighted by atomic mass is 16.4. The average Bonchev–Trinajstić information content (AvgIpc) is 3.07. The molecule has 2 aliphatic rings. The average molecular weight is 239 g/mol. The van der Waals surface area contributed by atoms with E-state index >= 15 is 0 Å². The van der Waals surface area contributed by atoms with E-state index in [0.717, 1.165) is 18.8 Å². The van der Waals surface area contributed by atoms with E-state index in [1.54, 1.807) is 0 Å². The van der Waals surface area contributed by atoms with Gasteiger partial charge in [-0.3, -0.25) is 9.59 Å². The van der Waals surface area contributed by atoms with Crippen molar-refractivity contribution in [3.8, 4) is 0 Å². The van der Waals surface area contributed by atoms with Gasteiger partial charge in [0.2, 0.25) is 5.91 Å². The van der Waals surface area contributed by atoms with Crippen molar-refractivity contribution in [2.45, 2.75) is 45.4 Å². The van der Waals surface area contributed by atoms with Crippen LogP contribution in [-0.2, 0) is 9.59 Å². The smallest absolute Gasteiger partial charge is 0.319 e. The summed E-state index contributed by atoms with van der Waals surface area (Å²) in [4.78, 5) is 22.8. The first-order valence-electron chi connectivity index (χ1n) is 6.56. The Bertz CT molecular complexity index is 323. The Labute approximate surface area is 102 Å². The number of aliphatic carboxylic acids is 1. The van der Waals surface area contributed by atoms with Crippen LogP contribution in [0.4, 0.5) is 0 Å². The molecular formula is C13H21NO3. The topological polar surface area (TPSA) is 66.4 Å². The predicted molar refractivity (Wildman–Crippen MR) is 63.4 cm³/mol. The highest BCUT2D eigenvalue weighted by Crippen LogP contribution is 2.46. The first kappa shape index (κ1) is 12.4. The maximum Gasteiger partial charge on any atom is 0.319 e. The summed E-state index contributed by atoms with van der Waals surface area (Å²) < 4.78 is 0. The second-order valence-electron chi connectivity index (χ2n) is 5.74. The number of carboxylic acids is 1. The van der Waals surface area contributed by atoms with Gasteiger partial charge in [0, 0.05) is 6.54 Å². The van der Waals surface area contributed by atoms with Crippen LogP contribution < -0.4 is 5.32 Å². The SMILES string of the molecule is CC1CCCC(CNC(=O)C2(C(=O)O)CC2)C1. The van der Waals surface area contributed by atoms with Crippen molar-refractivity contribution in [1.29, 1.82) is 0 Å². The highest BCUT2D eigenvalue weighted by Gasteiger charge is 2.57. The molecule has 0 aromatic carbocycles. The summed E-state index contributed by atoms with van der Waals surface area (Å²) in [5.41, 5.74) is -1.08. The van der Waals surface area contributed by atoms with Crippen LogP contribution in [0.2, 0.25) is 0 Å². The van der Waals surface area contributed by atoms with Crippen LogP contribution in [0.25, 0.3) is 0 Å². The number of hydrogen-bond donors (Lipinski definition) is 2. The first-order valence-corrected chi connectivity index (χ1v) is 6.56. The van der Waals surface area contributed by atoms with Gasteiger partial charge in [-0.25, -0.2) is 0 Å². The summed E-state index contributed by atoms with van der Waals surface area (Å²) in [6.45, 7) is 2.89. The quantitative estimate of drug-likeness (QED) is 0.735. The maximum atomic E-state index is 11.8. The van der Waals surface area contributed by atoms with Crippen LogP contribution in [0.15, 0.2) is 0 Å². The van der Waals surface area contributed by atoms with E-state index < -0.39 is 11.4 Å². The lowest BCUT2D eigenvalue weighted by atomic mass is 9.82. The fourth-order valence-corrected chi connectivity index (χ4v) is 2.81. The number of carboxylic acid groups (broad SMARTS) is 1. The van der Waals surface area contributed by atoms with E-state index in [4.69, 9.17) is 5.11 Å². The zero-order valence-electron chi connectivity index (χ0n) is 10.4. The summed E-state index contributed by atoms with van der Waals surface area (Å²) in [7, 11) is 0. The van der Waals surface area contributed by atoms with Gasteiger partial charge in [-0.1, -0.05) is 19.8 Å². The molecular weight excluding hydrogens is 218 g/mol. The van der Waals surface area contributed by atoms with Crippen LogP contribution in [0, 0.1) is 17.3 Å². The summed E-state index contributed by atoms with van der Waals surface area (Å²) in [6.07, 6.45) is 5.81. The molecule has 96 valence electrons. The van der Waals surface area contributed by atoms with E-state index in [1.165, 1.54) is 12.8 Å². The zero-order valence-corrected chi connectivity index (χ0v) is 10.4. The summed E-state index contributed by atoms with van der Waals surface area (Å²) in [6, 6.07) is 0. The Kier molecular flexibility index (Phi) is 3.40. The summed E-state index contributed by atoms with van der Waals surface area (Å²) in [5.74, 6) is 0.0301. The lowest BCUT2D eigenvalue weighted by Crippen LogP contribution is -2.40. The molecule has 4 nitrogen and oxygen atoms in total. The summed E-state index contributed by atoms with van der Waals surface area (Å²) in [5, 5.41) is 11.8. The van der Waals surface area contributed by atoms with Crippen LogP contribution in [0.1, 0.15) is 45.4 Å². The van der Waals surface area contributed by atoms with E-state index in [2.05, 4.69) is 12.2 Å². The molecule has 0 radical (unpaired) electrons. The van der Waals surface area contributed by atoms with E-state index in [9.17, 15) is 9.59 Å². The first-order chi connectivity index (χ1) is 8.04. The van der Waals surface area contributed by atoms with Crippen LogP contribution in [0.3, 0.4) is 0 Å². The minimum absolute atomic E-state index is 0.275. The molecule has 0 aromatic rings. The zero-order chi connectivity index (χ0) is 12.5. The number of carbonyl (C=O) groups is 2. The molecule has 0 aromatic heterocycles. The Morgan fingerprint density at radius 2 is 2.06 bits per heavy atom. The maximum absolute atomic E-state index is 11.8.